The number of nitrogens with zero attached hydrogens (tertiary/aromatic N) is 1. The van der Waals surface area contributed by atoms with E-state index in [1.165, 1.54) is 24.5 Å². The van der Waals surface area contributed by atoms with E-state index in [2.05, 4.69) is 5.32 Å². The quantitative estimate of drug-likeness (QED) is 0.606. The standard InChI is InChI=1S/C22H21FN2O3S/c1-3-25(14-15-9-10-19(28-2)18(23)12-15)22(27)16-6-4-7-17(13-16)24-21(26)20-8-5-11-29-20/h4-13H,3,14H2,1-2H3,(H,24,26). The van der Waals surface area contributed by atoms with Crippen LogP contribution in [0.5, 0.6) is 5.75 Å². The molecule has 1 heterocycles. The summed E-state index contributed by atoms with van der Waals surface area (Å²) in [6.07, 6.45) is 0. The Kier molecular flexibility index (Phi) is 6.61. The van der Waals surface area contributed by atoms with Gasteiger partial charge in [0.05, 0.1) is 12.0 Å². The van der Waals surface area contributed by atoms with Crippen molar-refractivity contribution >= 4 is 28.8 Å². The number of thiophene rings is 1. The molecule has 0 aliphatic carbocycles. The predicted octanol–water partition coefficient (Wildman–Crippen LogP) is 4.81. The number of anilines is 1. The summed E-state index contributed by atoms with van der Waals surface area (Å²) in [5.74, 6) is -0.717. The van der Waals surface area contributed by atoms with Crippen molar-refractivity contribution in [2.45, 2.75) is 13.5 Å². The van der Waals surface area contributed by atoms with Gasteiger partial charge in [-0.2, -0.15) is 0 Å². The number of halogens is 1. The van der Waals surface area contributed by atoms with Crippen LogP contribution in [-0.4, -0.2) is 30.4 Å². The molecule has 0 radical (unpaired) electrons. The Hall–Kier alpha value is -3.19. The lowest BCUT2D eigenvalue weighted by atomic mass is 10.1. The van der Waals surface area contributed by atoms with Gasteiger partial charge in [-0.05, 0) is 54.3 Å². The summed E-state index contributed by atoms with van der Waals surface area (Å²) in [6, 6.07) is 15.0. The van der Waals surface area contributed by atoms with Crippen LogP contribution in [0.4, 0.5) is 10.1 Å². The average Bonchev–Trinajstić information content (AvgIpc) is 3.27. The maximum Gasteiger partial charge on any atom is 0.265 e. The lowest BCUT2D eigenvalue weighted by Crippen LogP contribution is -2.30. The zero-order valence-corrected chi connectivity index (χ0v) is 17.0. The third-order valence-corrected chi connectivity index (χ3v) is 5.24. The van der Waals surface area contributed by atoms with Gasteiger partial charge in [-0.1, -0.05) is 18.2 Å². The number of hydrogen-bond acceptors (Lipinski definition) is 4. The molecule has 0 aliphatic rings. The van der Waals surface area contributed by atoms with Crippen LogP contribution in [-0.2, 0) is 6.54 Å². The van der Waals surface area contributed by atoms with Gasteiger partial charge in [0, 0.05) is 24.3 Å². The first-order chi connectivity index (χ1) is 14.0. The first-order valence-electron chi connectivity index (χ1n) is 9.08. The van der Waals surface area contributed by atoms with Crippen molar-refractivity contribution in [3.63, 3.8) is 0 Å². The van der Waals surface area contributed by atoms with Crippen molar-refractivity contribution in [2.75, 3.05) is 19.0 Å². The van der Waals surface area contributed by atoms with Crippen molar-refractivity contribution in [1.82, 2.24) is 4.90 Å². The summed E-state index contributed by atoms with van der Waals surface area (Å²) in [6.45, 7) is 2.58. The number of benzene rings is 2. The van der Waals surface area contributed by atoms with Gasteiger partial charge in [0.1, 0.15) is 0 Å². The fourth-order valence-corrected chi connectivity index (χ4v) is 3.49. The Morgan fingerprint density at radius 2 is 1.97 bits per heavy atom. The van der Waals surface area contributed by atoms with Crippen LogP contribution in [0.1, 0.15) is 32.5 Å². The topological polar surface area (TPSA) is 58.6 Å². The van der Waals surface area contributed by atoms with Crippen LogP contribution in [0.2, 0.25) is 0 Å². The molecule has 1 N–H and O–H groups in total. The molecule has 0 fully saturated rings. The molecule has 0 aliphatic heterocycles. The Bertz CT molecular complexity index is 1010. The highest BCUT2D eigenvalue weighted by atomic mass is 32.1. The predicted molar refractivity (Wildman–Crippen MR) is 112 cm³/mol. The van der Waals surface area contributed by atoms with Crippen molar-refractivity contribution in [2.24, 2.45) is 0 Å². The van der Waals surface area contributed by atoms with E-state index in [0.29, 0.717) is 28.2 Å². The minimum atomic E-state index is -0.466. The van der Waals surface area contributed by atoms with Crippen LogP contribution < -0.4 is 10.1 Å². The van der Waals surface area contributed by atoms with Crippen LogP contribution in [0, 0.1) is 5.82 Å². The van der Waals surface area contributed by atoms with E-state index < -0.39 is 5.82 Å². The maximum atomic E-state index is 14.0. The third-order valence-electron chi connectivity index (χ3n) is 4.37. The van der Waals surface area contributed by atoms with E-state index in [1.807, 2.05) is 12.3 Å². The Labute approximate surface area is 172 Å². The second-order valence-corrected chi connectivity index (χ2v) is 7.25. The van der Waals surface area contributed by atoms with Gasteiger partial charge in [-0.15, -0.1) is 11.3 Å². The van der Waals surface area contributed by atoms with Crippen molar-refractivity contribution in [3.05, 3.63) is 81.8 Å². The van der Waals surface area contributed by atoms with Crippen molar-refractivity contribution < 1.29 is 18.7 Å². The first-order valence-corrected chi connectivity index (χ1v) is 9.96. The lowest BCUT2D eigenvalue weighted by molar-refractivity contribution is 0.0752. The highest BCUT2D eigenvalue weighted by molar-refractivity contribution is 7.12. The molecule has 1 aromatic heterocycles. The second kappa shape index (κ2) is 9.34. The van der Waals surface area contributed by atoms with Crippen LogP contribution in [0.15, 0.2) is 60.0 Å². The fourth-order valence-electron chi connectivity index (χ4n) is 2.87. The highest BCUT2D eigenvalue weighted by Gasteiger charge is 2.17. The molecule has 3 rings (SSSR count). The van der Waals surface area contributed by atoms with E-state index in [4.69, 9.17) is 4.74 Å². The average molecular weight is 412 g/mol. The van der Waals surface area contributed by atoms with Gasteiger partial charge in [-0.3, -0.25) is 9.59 Å². The molecule has 0 saturated carbocycles. The molecule has 7 heteroatoms. The maximum absolute atomic E-state index is 14.0. The number of nitrogens with one attached hydrogen (secondary N) is 1. The molecule has 5 nitrogen and oxygen atoms in total. The molecule has 0 saturated heterocycles. The van der Waals surface area contributed by atoms with Gasteiger partial charge in [0.2, 0.25) is 0 Å². The van der Waals surface area contributed by atoms with E-state index in [-0.39, 0.29) is 24.1 Å². The van der Waals surface area contributed by atoms with E-state index in [9.17, 15) is 14.0 Å². The molecule has 2 amide bonds. The van der Waals surface area contributed by atoms with Gasteiger partial charge >= 0.3 is 0 Å². The molecular formula is C22H21FN2O3S. The van der Waals surface area contributed by atoms with Crippen molar-refractivity contribution in [1.29, 1.82) is 0 Å². The highest BCUT2D eigenvalue weighted by Crippen LogP contribution is 2.20. The number of rotatable bonds is 7. The summed E-state index contributed by atoms with van der Waals surface area (Å²) in [7, 11) is 1.41. The van der Waals surface area contributed by atoms with Gasteiger partial charge < -0.3 is 15.0 Å². The first kappa shape index (κ1) is 20.5. The second-order valence-electron chi connectivity index (χ2n) is 6.30. The molecule has 2 aromatic carbocycles. The lowest BCUT2D eigenvalue weighted by Gasteiger charge is -2.21. The third kappa shape index (κ3) is 5.00. The summed E-state index contributed by atoms with van der Waals surface area (Å²) in [5.41, 5.74) is 1.66. The van der Waals surface area contributed by atoms with E-state index in [1.54, 1.807) is 53.4 Å². The summed E-state index contributed by atoms with van der Waals surface area (Å²) < 4.78 is 18.9. The minimum absolute atomic E-state index is 0.164. The Morgan fingerprint density at radius 1 is 1.14 bits per heavy atom. The number of carbonyl (C=O) groups is 2. The summed E-state index contributed by atoms with van der Waals surface area (Å²) in [4.78, 5) is 27.4. The summed E-state index contributed by atoms with van der Waals surface area (Å²) >= 11 is 1.35. The molecule has 0 atom stereocenters. The van der Waals surface area contributed by atoms with E-state index >= 15 is 0 Å². The normalized spacial score (nSPS) is 10.4. The molecule has 0 spiro atoms. The Morgan fingerprint density at radius 3 is 2.62 bits per heavy atom. The Balaban J connectivity index is 1.74. The minimum Gasteiger partial charge on any atom is -0.494 e. The number of amides is 2. The zero-order chi connectivity index (χ0) is 20.8. The molecular weight excluding hydrogens is 391 g/mol. The zero-order valence-electron chi connectivity index (χ0n) is 16.1. The fraction of sp³-hybridized carbons (Fsp3) is 0.182. The largest absolute Gasteiger partial charge is 0.494 e. The van der Waals surface area contributed by atoms with Crippen LogP contribution >= 0.6 is 11.3 Å². The van der Waals surface area contributed by atoms with Gasteiger partial charge in [-0.25, -0.2) is 4.39 Å². The molecule has 150 valence electrons. The number of carbonyl (C=O) groups excluding carboxylic acids is 2. The van der Waals surface area contributed by atoms with Crippen LogP contribution in [0.3, 0.4) is 0 Å². The monoisotopic (exact) mass is 412 g/mol. The molecule has 0 bridgehead atoms. The number of ether oxygens (including phenoxy) is 1. The van der Waals surface area contributed by atoms with E-state index in [0.717, 1.165) is 0 Å². The van der Waals surface area contributed by atoms with Gasteiger partial charge in [0.15, 0.2) is 11.6 Å². The SMILES string of the molecule is CCN(Cc1ccc(OC)c(F)c1)C(=O)c1cccc(NC(=O)c2cccs2)c1. The molecule has 3 aromatic rings. The molecule has 29 heavy (non-hydrogen) atoms. The molecule has 0 unspecified atom stereocenters. The number of methoxy groups -OCH3 is 1. The smallest absolute Gasteiger partial charge is 0.265 e. The summed E-state index contributed by atoms with van der Waals surface area (Å²) in [5, 5.41) is 4.63. The van der Waals surface area contributed by atoms with Gasteiger partial charge in [0.25, 0.3) is 11.8 Å². The van der Waals surface area contributed by atoms with Crippen LogP contribution in [0.25, 0.3) is 0 Å². The number of hydrogen-bond donors (Lipinski definition) is 1. The van der Waals surface area contributed by atoms with Crippen molar-refractivity contribution in [3.8, 4) is 5.75 Å².